The van der Waals surface area contributed by atoms with Crippen LogP contribution in [0.25, 0.3) is 0 Å². The fraction of sp³-hybridized carbons (Fsp3) is 0.400. The van der Waals surface area contributed by atoms with Crippen LogP contribution in [0.1, 0.15) is 27.9 Å². The van der Waals surface area contributed by atoms with E-state index < -0.39 is 0 Å². The maximum atomic E-state index is 12.0. The van der Waals surface area contributed by atoms with E-state index in [1.54, 1.807) is 12.1 Å². The van der Waals surface area contributed by atoms with Gasteiger partial charge in [-0.1, -0.05) is 0 Å². The van der Waals surface area contributed by atoms with Crippen LogP contribution in [0, 0.1) is 0 Å². The molecule has 0 aliphatic carbocycles. The van der Waals surface area contributed by atoms with Crippen molar-refractivity contribution in [2.75, 3.05) is 13.1 Å². The van der Waals surface area contributed by atoms with Gasteiger partial charge >= 0.3 is 0 Å². The first-order valence-electron chi connectivity index (χ1n) is 6.96. The van der Waals surface area contributed by atoms with Crippen LogP contribution >= 0.6 is 27.3 Å². The summed E-state index contributed by atoms with van der Waals surface area (Å²) in [6.45, 7) is 4.80. The lowest BCUT2D eigenvalue weighted by Crippen LogP contribution is -2.44. The molecule has 0 bridgehead atoms. The summed E-state index contributed by atoms with van der Waals surface area (Å²) in [4.78, 5) is 15.9. The van der Waals surface area contributed by atoms with E-state index in [9.17, 15) is 4.79 Å². The number of rotatable bonds is 4. The Balaban J connectivity index is 1.53. The van der Waals surface area contributed by atoms with Crippen LogP contribution in [0.4, 0.5) is 0 Å². The molecule has 1 aliphatic rings. The van der Waals surface area contributed by atoms with E-state index in [0.29, 0.717) is 23.0 Å². The standard InChI is InChI=1S/C15H17BrN2O2S/c1-10(8-17-15(19)12-2-3-14(16)20-12)18-6-4-13-11(9-18)5-7-21-13/h2-3,5,7,10H,4,6,8-9H2,1H3,(H,17,19)/t10-/m0/s1. The van der Waals surface area contributed by atoms with Crippen LogP contribution in [-0.4, -0.2) is 29.9 Å². The number of thiophene rings is 1. The Hall–Kier alpha value is -1.11. The Morgan fingerprint density at radius 1 is 1.52 bits per heavy atom. The number of halogens is 1. The molecule has 0 radical (unpaired) electrons. The molecule has 0 saturated heterocycles. The van der Waals surface area contributed by atoms with Gasteiger partial charge < -0.3 is 9.73 Å². The molecule has 4 nitrogen and oxygen atoms in total. The summed E-state index contributed by atoms with van der Waals surface area (Å²) >= 11 is 5.04. The number of carbonyl (C=O) groups is 1. The molecule has 0 unspecified atom stereocenters. The van der Waals surface area contributed by atoms with E-state index in [0.717, 1.165) is 19.5 Å². The van der Waals surface area contributed by atoms with E-state index in [2.05, 4.69) is 44.5 Å². The van der Waals surface area contributed by atoms with Gasteiger partial charge in [0.2, 0.25) is 0 Å². The lowest BCUT2D eigenvalue weighted by molar-refractivity contribution is 0.0904. The molecule has 3 rings (SSSR count). The van der Waals surface area contributed by atoms with Crippen molar-refractivity contribution in [1.82, 2.24) is 10.2 Å². The third kappa shape index (κ3) is 3.39. The highest BCUT2D eigenvalue weighted by atomic mass is 79.9. The van der Waals surface area contributed by atoms with Crippen molar-refractivity contribution in [3.63, 3.8) is 0 Å². The molecule has 2 aromatic rings. The second kappa shape index (κ2) is 6.34. The van der Waals surface area contributed by atoms with Crippen LogP contribution in [0.2, 0.25) is 0 Å². The van der Waals surface area contributed by atoms with Crippen LogP contribution in [0.3, 0.4) is 0 Å². The van der Waals surface area contributed by atoms with Crippen molar-refractivity contribution in [1.29, 1.82) is 0 Å². The van der Waals surface area contributed by atoms with Crippen LogP contribution in [0.15, 0.2) is 32.7 Å². The van der Waals surface area contributed by atoms with Gasteiger partial charge in [0.05, 0.1) is 0 Å². The topological polar surface area (TPSA) is 45.5 Å². The minimum absolute atomic E-state index is 0.166. The number of furan rings is 1. The smallest absolute Gasteiger partial charge is 0.287 e. The van der Waals surface area contributed by atoms with Crippen molar-refractivity contribution < 1.29 is 9.21 Å². The minimum Gasteiger partial charge on any atom is -0.444 e. The van der Waals surface area contributed by atoms with E-state index in [1.807, 2.05) is 11.3 Å². The first kappa shape index (κ1) is 14.8. The molecule has 1 aliphatic heterocycles. The molecule has 21 heavy (non-hydrogen) atoms. The quantitative estimate of drug-likeness (QED) is 0.900. The highest BCUT2D eigenvalue weighted by Gasteiger charge is 2.22. The molecule has 0 spiro atoms. The summed E-state index contributed by atoms with van der Waals surface area (Å²) < 4.78 is 5.82. The Bertz CT molecular complexity index is 637. The highest BCUT2D eigenvalue weighted by Crippen LogP contribution is 2.25. The summed E-state index contributed by atoms with van der Waals surface area (Å²) in [5, 5.41) is 5.10. The highest BCUT2D eigenvalue weighted by molar-refractivity contribution is 9.10. The predicted molar refractivity (Wildman–Crippen MR) is 86.6 cm³/mol. The number of fused-ring (bicyclic) bond motifs is 1. The van der Waals surface area contributed by atoms with Gasteiger partial charge in [-0.3, -0.25) is 9.69 Å². The Labute approximate surface area is 136 Å². The third-order valence-electron chi connectivity index (χ3n) is 3.82. The molecule has 6 heteroatoms. The first-order chi connectivity index (χ1) is 10.1. The van der Waals surface area contributed by atoms with Crippen LogP contribution < -0.4 is 5.32 Å². The average molecular weight is 369 g/mol. The van der Waals surface area contributed by atoms with Crippen molar-refractivity contribution >= 4 is 33.2 Å². The summed E-state index contributed by atoms with van der Waals surface area (Å²) in [6, 6.07) is 5.90. The van der Waals surface area contributed by atoms with E-state index in [4.69, 9.17) is 4.42 Å². The second-order valence-electron chi connectivity index (χ2n) is 5.25. The molecule has 112 valence electrons. The zero-order valence-corrected chi connectivity index (χ0v) is 14.2. The number of hydrogen-bond acceptors (Lipinski definition) is 4. The molecular formula is C15H17BrN2O2S. The summed E-state index contributed by atoms with van der Waals surface area (Å²) in [6.07, 6.45) is 1.11. The zero-order chi connectivity index (χ0) is 14.8. The molecule has 1 amide bonds. The Morgan fingerprint density at radius 2 is 2.38 bits per heavy atom. The molecule has 1 atom stereocenters. The van der Waals surface area contributed by atoms with E-state index in [-0.39, 0.29) is 5.91 Å². The first-order valence-corrected chi connectivity index (χ1v) is 8.63. The fourth-order valence-electron chi connectivity index (χ4n) is 2.54. The lowest BCUT2D eigenvalue weighted by Gasteiger charge is -2.32. The molecule has 0 aromatic carbocycles. The normalized spacial score (nSPS) is 16.5. The molecule has 2 aromatic heterocycles. The number of nitrogens with one attached hydrogen (secondary N) is 1. The van der Waals surface area contributed by atoms with Gasteiger partial charge in [0.25, 0.3) is 5.91 Å². The summed E-state index contributed by atoms with van der Waals surface area (Å²) in [7, 11) is 0. The molecular weight excluding hydrogens is 352 g/mol. The predicted octanol–water partition coefficient (Wildman–Crippen LogP) is 3.28. The summed E-state index contributed by atoms with van der Waals surface area (Å²) in [5.74, 6) is 0.175. The maximum absolute atomic E-state index is 12.0. The van der Waals surface area contributed by atoms with Gasteiger partial charge in [-0.15, -0.1) is 11.3 Å². The Kier molecular flexibility index (Phi) is 4.47. The minimum atomic E-state index is -0.166. The number of nitrogens with zero attached hydrogens (tertiary/aromatic N) is 1. The molecule has 1 N–H and O–H groups in total. The average Bonchev–Trinajstić information content (AvgIpc) is 3.12. The van der Waals surface area contributed by atoms with Crippen molar-refractivity contribution in [2.45, 2.75) is 25.9 Å². The largest absolute Gasteiger partial charge is 0.444 e. The van der Waals surface area contributed by atoms with Gasteiger partial charge in [-0.05, 0) is 58.4 Å². The van der Waals surface area contributed by atoms with Gasteiger partial charge in [0, 0.05) is 30.6 Å². The van der Waals surface area contributed by atoms with E-state index in [1.165, 1.54) is 10.4 Å². The van der Waals surface area contributed by atoms with Gasteiger partial charge in [0.15, 0.2) is 10.4 Å². The van der Waals surface area contributed by atoms with E-state index >= 15 is 0 Å². The van der Waals surface area contributed by atoms with Crippen molar-refractivity contribution in [3.8, 4) is 0 Å². The molecule has 3 heterocycles. The fourth-order valence-corrected chi connectivity index (χ4v) is 3.74. The number of hydrogen-bond donors (Lipinski definition) is 1. The van der Waals surface area contributed by atoms with Gasteiger partial charge in [0.1, 0.15) is 0 Å². The number of amides is 1. The van der Waals surface area contributed by atoms with Crippen molar-refractivity contribution in [3.05, 3.63) is 44.4 Å². The van der Waals surface area contributed by atoms with Gasteiger partial charge in [-0.2, -0.15) is 0 Å². The molecule has 0 saturated carbocycles. The zero-order valence-electron chi connectivity index (χ0n) is 11.8. The van der Waals surface area contributed by atoms with Crippen LogP contribution in [0.5, 0.6) is 0 Å². The van der Waals surface area contributed by atoms with Gasteiger partial charge in [-0.25, -0.2) is 0 Å². The molecule has 0 fully saturated rings. The van der Waals surface area contributed by atoms with Crippen molar-refractivity contribution in [2.24, 2.45) is 0 Å². The van der Waals surface area contributed by atoms with Crippen LogP contribution in [-0.2, 0) is 13.0 Å². The maximum Gasteiger partial charge on any atom is 0.287 e. The monoisotopic (exact) mass is 368 g/mol. The third-order valence-corrected chi connectivity index (χ3v) is 5.26. The SMILES string of the molecule is C[C@@H](CNC(=O)c1ccc(Br)o1)N1CCc2sccc2C1. The second-order valence-corrected chi connectivity index (χ2v) is 7.03. The number of carbonyl (C=O) groups excluding carboxylic acids is 1. The summed E-state index contributed by atoms with van der Waals surface area (Å²) in [5.41, 5.74) is 1.43. The Morgan fingerprint density at radius 3 is 3.14 bits per heavy atom. The lowest BCUT2D eigenvalue weighted by atomic mass is 10.1.